The monoisotopic (exact) mass is 279 g/mol. The number of hydrogen-bond acceptors (Lipinski definition) is 5. The summed E-state index contributed by atoms with van der Waals surface area (Å²) in [5, 5.41) is 8.97. The van der Waals surface area contributed by atoms with Gasteiger partial charge in [-0.3, -0.25) is 4.90 Å². The van der Waals surface area contributed by atoms with Crippen LogP contribution in [0.2, 0.25) is 0 Å². The van der Waals surface area contributed by atoms with Crippen LogP contribution in [0.15, 0.2) is 0 Å². The molecule has 7 nitrogen and oxygen atoms in total. The van der Waals surface area contributed by atoms with Crippen molar-refractivity contribution in [1.82, 2.24) is 4.90 Å². The molecule has 0 aromatic heterocycles. The van der Waals surface area contributed by atoms with Gasteiger partial charge in [0.25, 0.3) is 0 Å². The van der Waals surface area contributed by atoms with Crippen LogP contribution in [0.3, 0.4) is 0 Å². The summed E-state index contributed by atoms with van der Waals surface area (Å²) in [7, 11) is -3.42. The van der Waals surface area contributed by atoms with Crippen LogP contribution in [-0.2, 0) is 19.4 Å². The number of carboxylic acid groups (broad SMARTS) is 1. The van der Waals surface area contributed by atoms with E-state index >= 15 is 0 Å². The van der Waals surface area contributed by atoms with E-state index in [2.05, 4.69) is 0 Å². The summed E-state index contributed by atoms with van der Waals surface area (Å²) in [5.74, 6) is -2.15. The van der Waals surface area contributed by atoms with Gasteiger partial charge in [0.15, 0.2) is 9.84 Å². The summed E-state index contributed by atoms with van der Waals surface area (Å²) in [6.07, 6.45) is -0.801. The molecule has 0 bridgehead atoms. The van der Waals surface area contributed by atoms with Crippen molar-refractivity contribution in [3.05, 3.63) is 0 Å². The Morgan fingerprint density at radius 1 is 1.33 bits per heavy atom. The Morgan fingerprint density at radius 2 is 1.89 bits per heavy atom. The van der Waals surface area contributed by atoms with E-state index in [0.29, 0.717) is 0 Å². The van der Waals surface area contributed by atoms with Crippen LogP contribution < -0.4 is 0 Å². The van der Waals surface area contributed by atoms with Gasteiger partial charge in [-0.1, -0.05) is 0 Å². The molecule has 0 aromatic carbocycles. The second-order valence-electron chi connectivity index (χ2n) is 5.14. The first-order valence-electron chi connectivity index (χ1n) is 5.45. The summed E-state index contributed by atoms with van der Waals surface area (Å²) in [6.45, 7) is 4.80. The molecule has 1 aliphatic rings. The van der Waals surface area contributed by atoms with Crippen molar-refractivity contribution in [1.29, 1.82) is 0 Å². The van der Waals surface area contributed by atoms with Gasteiger partial charge in [-0.15, -0.1) is 0 Å². The lowest BCUT2D eigenvalue weighted by atomic mass is 10.2. The topological polar surface area (TPSA) is 101 Å². The first-order chi connectivity index (χ1) is 8.02. The number of aliphatic carboxylic acids is 1. The summed E-state index contributed by atoms with van der Waals surface area (Å²) >= 11 is 0. The average molecular weight is 279 g/mol. The minimum Gasteiger partial charge on any atom is -0.480 e. The Hall–Kier alpha value is -1.31. The highest BCUT2D eigenvalue weighted by molar-refractivity contribution is 7.91. The molecular formula is C10H17NO6S. The van der Waals surface area contributed by atoms with Crippen molar-refractivity contribution < 1.29 is 27.9 Å². The zero-order valence-corrected chi connectivity index (χ0v) is 11.4. The van der Waals surface area contributed by atoms with Crippen molar-refractivity contribution in [2.75, 3.05) is 18.1 Å². The number of nitrogens with zero attached hydrogens (tertiary/aromatic N) is 1. The molecule has 0 aliphatic carbocycles. The molecule has 1 fully saturated rings. The molecule has 104 valence electrons. The van der Waals surface area contributed by atoms with E-state index in [1.165, 1.54) is 0 Å². The van der Waals surface area contributed by atoms with Crippen LogP contribution >= 0.6 is 0 Å². The zero-order valence-electron chi connectivity index (χ0n) is 10.5. The first-order valence-corrected chi connectivity index (χ1v) is 7.27. The molecule has 0 unspecified atom stereocenters. The van der Waals surface area contributed by atoms with Gasteiger partial charge in [0.2, 0.25) is 0 Å². The molecule has 1 amide bonds. The van der Waals surface area contributed by atoms with E-state index < -0.39 is 39.3 Å². The van der Waals surface area contributed by atoms with Crippen LogP contribution in [0, 0.1) is 0 Å². The molecule has 0 aromatic rings. The van der Waals surface area contributed by atoms with Gasteiger partial charge in [-0.2, -0.15) is 0 Å². The fourth-order valence-corrected chi connectivity index (χ4v) is 3.00. The third kappa shape index (κ3) is 3.86. The molecule has 0 radical (unpaired) electrons. The smallest absolute Gasteiger partial charge is 0.411 e. The summed E-state index contributed by atoms with van der Waals surface area (Å²) < 4.78 is 27.8. The second-order valence-corrected chi connectivity index (χ2v) is 7.37. The first kappa shape index (κ1) is 14.7. The molecular weight excluding hydrogens is 262 g/mol. The molecule has 8 heteroatoms. The number of hydrogen-bond donors (Lipinski definition) is 1. The third-order valence-corrected chi connectivity index (χ3v) is 3.97. The van der Waals surface area contributed by atoms with Crippen LogP contribution in [-0.4, -0.2) is 60.2 Å². The normalized spacial score (nSPS) is 23.5. The molecule has 1 aliphatic heterocycles. The number of amides is 1. The Kier molecular flexibility index (Phi) is 3.89. The minimum absolute atomic E-state index is 0.159. The standard InChI is InChI=1S/C10H17NO6S/c1-10(2,3)17-9(14)11-4-5-18(15,16)6-7(11)8(12)13/h7H,4-6H2,1-3H3,(H,12,13)/t7-/m1/s1. The summed E-state index contributed by atoms with van der Waals surface area (Å²) in [6, 6.07) is -1.38. The largest absolute Gasteiger partial charge is 0.480 e. The van der Waals surface area contributed by atoms with E-state index in [1.807, 2.05) is 0 Å². The highest BCUT2D eigenvalue weighted by atomic mass is 32.2. The second kappa shape index (κ2) is 4.75. The number of sulfone groups is 1. The third-order valence-electron chi connectivity index (χ3n) is 2.34. The van der Waals surface area contributed by atoms with E-state index in [0.717, 1.165) is 4.90 Å². The van der Waals surface area contributed by atoms with Crippen LogP contribution in [0.4, 0.5) is 4.79 Å². The van der Waals surface area contributed by atoms with E-state index in [4.69, 9.17) is 9.84 Å². The Balaban J connectivity index is 2.87. The quantitative estimate of drug-likeness (QED) is 0.730. The molecule has 1 rings (SSSR count). The molecule has 1 saturated heterocycles. The van der Waals surface area contributed by atoms with Gasteiger partial charge in [0.1, 0.15) is 11.6 Å². The van der Waals surface area contributed by atoms with E-state index in [9.17, 15) is 18.0 Å². The van der Waals surface area contributed by atoms with Gasteiger partial charge in [0.05, 0.1) is 11.5 Å². The van der Waals surface area contributed by atoms with Gasteiger partial charge in [-0.05, 0) is 20.8 Å². The van der Waals surface area contributed by atoms with Crippen molar-refractivity contribution in [2.24, 2.45) is 0 Å². The van der Waals surface area contributed by atoms with Crippen molar-refractivity contribution >= 4 is 21.9 Å². The number of rotatable bonds is 1. The Morgan fingerprint density at radius 3 is 2.33 bits per heavy atom. The highest BCUT2D eigenvalue weighted by Crippen LogP contribution is 2.17. The predicted molar refractivity (Wildman–Crippen MR) is 63.0 cm³/mol. The number of carbonyl (C=O) groups is 2. The molecule has 1 heterocycles. The molecule has 18 heavy (non-hydrogen) atoms. The average Bonchev–Trinajstić information content (AvgIpc) is 2.12. The highest BCUT2D eigenvalue weighted by Gasteiger charge is 2.40. The van der Waals surface area contributed by atoms with Crippen molar-refractivity contribution in [2.45, 2.75) is 32.4 Å². The lowest BCUT2D eigenvalue weighted by Crippen LogP contribution is -2.55. The van der Waals surface area contributed by atoms with Crippen LogP contribution in [0.25, 0.3) is 0 Å². The van der Waals surface area contributed by atoms with E-state index in [-0.39, 0.29) is 12.3 Å². The number of carboxylic acids is 1. The maximum Gasteiger partial charge on any atom is 0.411 e. The number of carbonyl (C=O) groups excluding carboxylic acids is 1. The van der Waals surface area contributed by atoms with E-state index in [1.54, 1.807) is 20.8 Å². The predicted octanol–water partition coefficient (Wildman–Crippen LogP) is 0.105. The molecule has 1 N–H and O–H groups in total. The number of ether oxygens (including phenoxy) is 1. The fraction of sp³-hybridized carbons (Fsp3) is 0.800. The summed E-state index contributed by atoms with van der Waals surface area (Å²) in [4.78, 5) is 23.7. The van der Waals surface area contributed by atoms with Crippen LogP contribution in [0.5, 0.6) is 0 Å². The van der Waals surface area contributed by atoms with Gasteiger partial charge < -0.3 is 9.84 Å². The van der Waals surface area contributed by atoms with Crippen molar-refractivity contribution in [3.8, 4) is 0 Å². The summed E-state index contributed by atoms with van der Waals surface area (Å²) in [5.41, 5.74) is -0.754. The molecule has 0 saturated carbocycles. The molecule has 1 atom stereocenters. The maximum absolute atomic E-state index is 11.8. The fourth-order valence-electron chi connectivity index (χ4n) is 1.55. The van der Waals surface area contributed by atoms with Gasteiger partial charge in [0, 0.05) is 6.54 Å². The minimum atomic E-state index is -3.42. The molecule has 0 spiro atoms. The van der Waals surface area contributed by atoms with Crippen molar-refractivity contribution in [3.63, 3.8) is 0 Å². The lowest BCUT2D eigenvalue weighted by Gasteiger charge is -2.34. The van der Waals surface area contributed by atoms with Gasteiger partial charge >= 0.3 is 12.1 Å². The Labute approximate surface area is 106 Å². The Bertz CT molecular complexity index is 449. The lowest BCUT2D eigenvalue weighted by molar-refractivity contribution is -0.142. The SMILES string of the molecule is CC(C)(C)OC(=O)N1CCS(=O)(=O)C[C@@H]1C(=O)O. The van der Waals surface area contributed by atoms with Crippen LogP contribution in [0.1, 0.15) is 20.8 Å². The zero-order chi connectivity index (χ0) is 14.1. The van der Waals surface area contributed by atoms with Gasteiger partial charge in [-0.25, -0.2) is 18.0 Å². The maximum atomic E-state index is 11.8.